The van der Waals surface area contributed by atoms with Gasteiger partial charge in [0.15, 0.2) is 0 Å². The summed E-state index contributed by atoms with van der Waals surface area (Å²) >= 11 is 1.61. The van der Waals surface area contributed by atoms with Crippen molar-refractivity contribution in [3.05, 3.63) is 29.8 Å². The largest absolute Gasteiger partial charge is 0.346 e. The fourth-order valence-electron chi connectivity index (χ4n) is 3.92. The predicted molar refractivity (Wildman–Crippen MR) is 101 cm³/mol. The number of benzene rings is 1. The second kappa shape index (κ2) is 7.38. The minimum atomic E-state index is -0.0946. The average molecular weight is 362 g/mol. The van der Waals surface area contributed by atoms with Gasteiger partial charge in [-0.2, -0.15) is 0 Å². The third kappa shape index (κ3) is 3.55. The quantitative estimate of drug-likeness (QED) is 0.758. The summed E-state index contributed by atoms with van der Waals surface area (Å²) in [6.07, 6.45) is 4.30. The zero-order chi connectivity index (χ0) is 18.0. The minimum absolute atomic E-state index is 0.0946. The second-order valence-electron chi connectivity index (χ2n) is 7.14. The molecule has 1 aromatic rings. The lowest BCUT2D eigenvalue weighted by molar-refractivity contribution is -0.129. The molecule has 0 aromatic heterocycles. The molecule has 136 valence electrons. The van der Waals surface area contributed by atoms with Crippen LogP contribution in [0.5, 0.6) is 0 Å². The van der Waals surface area contributed by atoms with Gasteiger partial charge in [-0.15, -0.1) is 11.8 Å². The van der Waals surface area contributed by atoms with E-state index in [1.807, 2.05) is 47.4 Å². The fourth-order valence-corrected chi connectivity index (χ4v) is 4.51. The lowest BCUT2D eigenvalue weighted by Gasteiger charge is -2.49. The molecule has 2 aliphatic heterocycles. The van der Waals surface area contributed by atoms with Gasteiger partial charge in [0.25, 0.3) is 5.91 Å². The van der Waals surface area contributed by atoms with Crippen molar-refractivity contribution in [2.75, 3.05) is 46.5 Å². The molecule has 0 radical (unpaired) electrons. The summed E-state index contributed by atoms with van der Waals surface area (Å²) in [6, 6.07) is 7.82. The summed E-state index contributed by atoms with van der Waals surface area (Å²) in [5.41, 5.74) is 0.694. The van der Waals surface area contributed by atoms with E-state index in [1.165, 1.54) is 0 Å². The van der Waals surface area contributed by atoms with E-state index in [0.29, 0.717) is 13.0 Å². The fraction of sp³-hybridized carbons (Fsp3) is 0.579. The average Bonchev–Trinajstić information content (AvgIpc) is 2.78. The molecule has 2 heterocycles. The van der Waals surface area contributed by atoms with E-state index < -0.39 is 0 Å². The van der Waals surface area contributed by atoms with Crippen LogP contribution in [0.2, 0.25) is 0 Å². The molecule has 2 aliphatic rings. The maximum Gasteiger partial charge on any atom is 0.255 e. The van der Waals surface area contributed by atoms with E-state index in [4.69, 9.17) is 0 Å². The summed E-state index contributed by atoms with van der Waals surface area (Å²) < 4.78 is 0. The first-order chi connectivity index (χ1) is 12.0. The van der Waals surface area contributed by atoms with E-state index in [1.54, 1.807) is 11.8 Å². The topological polar surface area (TPSA) is 43.9 Å². The number of amides is 2. The van der Waals surface area contributed by atoms with Crippen molar-refractivity contribution in [2.45, 2.75) is 29.7 Å². The van der Waals surface area contributed by atoms with Gasteiger partial charge in [-0.25, -0.2) is 0 Å². The molecule has 0 aliphatic carbocycles. The van der Waals surface area contributed by atoms with Crippen molar-refractivity contribution in [2.24, 2.45) is 0 Å². The minimum Gasteiger partial charge on any atom is -0.346 e. The van der Waals surface area contributed by atoms with Crippen LogP contribution in [-0.4, -0.2) is 78.6 Å². The molecule has 1 atom stereocenters. The Balaban J connectivity index is 1.82. The first-order valence-electron chi connectivity index (χ1n) is 8.84. The summed E-state index contributed by atoms with van der Waals surface area (Å²) in [6.45, 7) is 3.05. The Morgan fingerprint density at radius 3 is 2.64 bits per heavy atom. The van der Waals surface area contributed by atoms with Crippen molar-refractivity contribution in [1.29, 1.82) is 0 Å². The molecule has 0 bridgehead atoms. The van der Waals surface area contributed by atoms with E-state index in [-0.39, 0.29) is 17.4 Å². The molecule has 2 saturated heterocycles. The molecular weight excluding hydrogens is 334 g/mol. The Labute approximate surface area is 154 Å². The van der Waals surface area contributed by atoms with E-state index in [9.17, 15) is 9.59 Å². The van der Waals surface area contributed by atoms with Gasteiger partial charge in [0.05, 0.1) is 5.56 Å². The van der Waals surface area contributed by atoms with Gasteiger partial charge in [0, 0.05) is 50.1 Å². The van der Waals surface area contributed by atoms with E-state index in [0.717, 1.165) is 42.9 Å². The van der Waals surface area contributed by atoms with Crippen molar-refractivity contribution in [1.82, 2.24) is 14.7 Å². The number of likely N-dealkylation sites (N-methyl/N-ethyl adjacent to an activating group) is 1. The summed E-state index contributed by atoms with van der Waals surface area (Å²) in [5.74, 6) is 0.322. The lowest BCUT2D eigenvalue weighted by Crippen LogP contribution is -2.62. The van der Waals surface area contributed by atoms with E-state index >= 15 is 0 Å². The van der Waals surface area contributed by atoms with Crippen LogP contribution in [0.1, 0.15) is 29.6 Å². The zero-order valence-electron chi connectivity index (χ0n) is 15.3. The smallest absolute Gasteiger partial charge is 0.255 e. The van der Waals surface area contributed by atoms with Crippen LogP contribution in [-0.2, 0) is 4.79 Å². The molecule has 2 amide bonds. The normalized spacial score (nSPS) is 25.3. The molecular formula is C19H27N3O2S. The monoisotopic (exact) mass is 361 g/mol. The van der Waals surface area contributed by atoms with Gasteiger partial charge in [-0.05, 0) is 38.3 Å². The molecule has 25 heavy (non-hydrogen) atoms. The number of carbonyl (C=O) groups is 2. The summed E-state index contributed by atoms with van der Waals surface area (Å²) in [7, 11) is 4.01. The number of piperazine rings is 1. The van der Waals surface area contributed by atoms with Crippen molar-refractivity contribution in [3.63, 3.8) is 0 Å². The Bertz CT molecular complexity index is 666. The maximum absolute atomic E-state index is 13.1. The first kappa shape index (κ1) is 18.3. The number of rotatable bonds is 2. The highest BCUT2D eigenvalue weighted by Crippen LogP contribution is 2.33. The first-order valence-corrected chi connectivity index (χ1v) is 10.1. The summed E-state index contributed by atoms with van der Waals surface area (Å²) in [5, 5.41) is 0. The van der Waals surface area contributed by atoms with Crippen molar-refractivity contribution >= 4 is 23.6 Å². The second-order valence-corrected chi connectivity index (χ2v) is 7.99. The highest BCUT2D eigenvalue weighted by atomic mass is 32.2. The van der Waals surface area contributed by atoms with Crippen LogP contribution in [0.4, 0.5) is 0 Å². The van der Waals surface area contributed by atoms with E-state index in [2.05, 4.69) is 11.9 Å². The number of carbonyl (C=O) groups excluding carboxylic acids is 2. The SMILES string of the molecule is CSc1ccccc1C(=O)N1CCN(C)[C@]2(CCC(=O)N(C)CC2)C1. The molecule has 0 unspecified atom stereocenters. The lowest BCUT2D eigenvalue weighted by atomic mass is 9.86. The zero-order valence-corrected chi connectivity index (χ0v) is 16.1. The maximum atomic E-state index is 13.1. The molecule has 2 fully saturated rings. The number of hydrogen-bond acceptors (Lipinski definition) is 4. The van der Waals surface area contributed by atoms with Crippen LogP contribution in [0, 0.1) is 0 Å². The molecule has 5 nitrogen and oxygen atoms in total. The third-order valence-corrected chi connectivity index (χ3v) is 6.56. The number of likely N-dealkylation sites (tertiary alicyclic amines) is 1. The predicted octanol–water partition coefficient (Wildman–Crippen LogP) is 2.18. The van der Waals surface area contributed by atoms with Gasteiger partial charge in [0.1, 0.15) is 0 Å². The van der Waals surface area contributed by atoms with Gasteiger partial charge >= 0.3 is 0 Å². The molecule has 0 N–H and O–H groups in total. The molecule has 6 heteroatoms. The van der Waals surface area contributed by atoms with Gasteiger partial charge in [-0.1, -0.05) is 12.1 Å². The highest BCUT2D eigenvalue weighted by molar-refractivity contribution is 7.98. The van der Waals surface area contributed by atoms with Gasteiger partial charge in [0.2, 0.25) is 5.91 Å². The van der Waals surface area contributed by atoms with Crippen LogP contribution in [0.3, 0.4) is 0 Å². The van der Waals surface area contributed by atoms with Crippen molar-refractivity contribution in [3.8, 4) is 0 Å². The Hall–Kier alpha value is -1.53. The molecule has 1 aromatic carbocycles. The molecule has 0 saturated carbocycles. The Morgan fingerprint density at radius 2 is 1.88 bits per heavy atom. The summed E-state index contributed by atoms with van der Waals surface area (Å²) in [4.78, 5) is 32.4. The highest BCUT2D eigenvalue weighted by Gasteiger charge is 2.43. The number of nitrogens with zero attached hydrogens (tertiary/aromatic N) is 3. The Morgan fingerprint density at radius 1 is 1.12 bits per heavy atom. The van der Waals surface area contributed by atoms with Crippen LogP contribution >= 0.6 is 11.8 Å². The molecule has 3 rings (SSSR count). The van der Waals surface area contributed by atoms with Gasteiger partial charge in [-0.3, -0.25) is 14.5 Å². The van der Waals surface area contributed by atoms with Crippen LogP contribution < -0.4 is 0 Å². The van der Waals surface area contributed by atoms with Crippen LogP contribution in [0.15, 0.2) is 29.2 Å². The number of thioether (sulfide) groups is 1. The third-order valence-electron chi connectivity index (χ3n) is 5.77. The standard InChI is InChI=1S/C19H27N3O2S/c1-20-11-10-19(9-8-17(20)23)14-22(13-12-21(19)2)18(24)15-6-4-5-7-16(15)25-3/h4-7H,8-14H2,1-3H3/t19-/m0/s1. The van der Waals surface area contributed by atoms with Crippen LogP contribution in [0.25, 0.3) is 0 Å². The molecule has 1 spiro atoms. The number of hydrogen-bond donors (Lipinski definition) is 0. The van der Waals surface area contributed by atoms with Gasteiger partial charge < -0.3 is 9.80 Å². The van der Waals surface area contributed by atoms with Crippen molar-refractivity contribution < 1.29 is 9.59 Å². The Kier molecular flexibility index (Phi) is 5.39.